The van der Waals surface area contributed by atoms with Gasteiger partial charge in [0.2, 0.25) is 12.3 Å². The van der Waals surface area contributed by atoms with Crippen LogP contribution in [0.2, 0.25) is 0 Å². The second-order valence-corrected chi connectivity index (χ2v) is 7.28. The van der Waals surface area contributed by atoms with Gasteiger partial charge in [0.15, 0.2) is 5.82 Å². The minimum Gasteiger partial charge on any atom is -0.491 e. The Morgan fingerprint density at radius 1 is 1.52 bits per heavy atom. The van der Waals surface area contributed by atoms with Crippen molar-refractivity contribution in [2.24, 2.45) is 5.73 Å². The highest BCUT2D eigenvalue weighted by atomic mass is 32.2. The second-order valence-electron chi connectivity index (χ2n) is 6.37. The van der Waals surface area contributed by atoms with Crippen LogP contribution in [0.25, 0.3) is 11.4 Å². The van der Waals surface area contributed by atoms with Crippen molar-refractivity contribution in [1.29, 1.82) is 0 Å². The number of hydrogen-bond acceptors (Lipinski definition) is 6. The van der Waals surface area contributed by atoms with Gasteiger partial charge in [-0.25, -0.2) is 13.8 Å². The zero-order valence-corrected chi connectivity index (χ0v) is 16.5. The number of amides is 2. The molecule has 0 radical (unpaired) electrons. The zero-order valence-electron chi connectivity index (χ0n) is 15.7. The summed E-state index contributed by atoms with van der Waals surface area (Å²) in [5.41, 5.74) is 6.45. The molecule has 2 amide bonds. The lowest BCUT2D eigenvalue weighted by Crippen LogP contribution is -2.41. The Labute approximate surface area is 170 Å². The van der Waals surface area contributed by atoms with Crippen molar-refractivity contribution < 1.29 is 23.1 Å². The third-order valence-electron chi connectivity index (χ3n) is 4.41. The van der Waals surface area contributed by atoms with Gasteiger partial charge in [-0.05, 0) is 18.4 Å². The fourth-order valence-electron chi connectivity index (χ4n) is 3.04. The van der Waals surface area contributed by atoms with E-state index in [0.717, 1.165) is 4.90 Å². The Bertz CT molecular complexity index is 892. The Hall–Kier alpha value is -2.82. The molecule has 156 valence electrons. The van der Waals surface area contributed by atoms with Gasteiger partial charge < -0.3 is 20.4 Å². The fourth-order valence-corrected chi connectivity index (χ4v) is 3.69. The predicted molar refractivity (Wildman–Crippen MR) is 108 cm³/mol. The fraction of sp³-hybridized carbons (Fsp3) is 0.389. The average molecular weight is 425 g/mol. The smallest absolute Gasteiger partial charge is 0.259 e. The first-order chi connectivity index (χ1) is 13.9. The number of primary amides is 1. The van der Waals surface area contributed by atoms with Crippen molar-refractivity contribution >= 4 is 35.6 Å². The summed E-state index contributed by atoms with van der Waals surface area (Å²) in [6, 6.07) is 3.94. The molecule has 1 aromatic heterocycles. The SMILES string of the molecule is CSCC(C(F)F)N(C=O)c1cn2c(n1)-c1ccc(NCC(N)=O)cc1OCC2. The molecule has 29 heavy (non-hydrogen) atoms. The molecule has 1 aliphatic rings. The van der Waals surface area contributed by atoms with E-state index in [9.17, 15) is 18.4 Å². The standard InChI is InChI=1S/C18H21F2N5O3S/c1-29-9-13(17(19)20)25(10-26)16-8-24-4-5-28-14-6-11(22-7-15(21)27)2-3-12(14)18(24)23-16/h2-3,6,8,10,13,17,22H,4-5,7,9H2,1H3,(H2,21,27). The van der Waals surface area contributed by atoms with E-state index in [1.165, 1.54) is 11.8 Å². The maximum absolute atomic E-state index is 13.5. The minimum atomic E-state index is -2.69. The number of benzene rings is 1. The number of alkyl halides is 2. The minimum absolute atomic E-state index is 0.0175. The summed E-state index contributed by atoms with van der Waals surface area (Å²) in [6.45, 7) is 0.755. The molecular weight excluding hydrogens is 404 g/mol. The van der Waals surface area contributed by atoms with Crippen LogP contribution in [0.5, 0.6) is 5.75 Å². The number of ether oxygens (including phenoxy) is 1. The van der Waals surface area contributed by atoms with Crippen LogP contribution in [0.4, 0.5) is 20.3 Å². The van der Waals surface area contributed by atoms with Gasteiger partial charge in [-0.15, -0.1) is 0 Å². The predicted octanol–water partition coefficient (Wildman–Crippen LogP) is 1.80. The van der Waals surface area contributed by atoms with Crippen LogP contribution in [0, 0.1) is 0 Å². The number of hydrogen-bond donors (Lipinski definition) is 2. The van der Waals surface area contributed by atoms with Gasteiger partial charge in [-0.1, -0.05) is 0 Å². The lowest BCUT2D eigenvalue weighted by atomic mass is 10.1. The Morgan fingerprint density at radius 3 is 2.97 bits per heavy atom. The Balaban J connectivity index is 1.95. The normalized spacial score (nSPS) is 13.7. The first-order valence-electron chi connectivity index (χ1n) is 8.82. The van der Waals surface area contributed by atoms with E-state index in [1.807, 2.05) is 0 Å². The lowest BCUT2D eigenvalue weighted by Gasteiger charge is -2.25. The first-order valence-corrected chi connectivity index (χ1v) is 10.2. The molecule has 1 atom stereocenters. The van der Waals surface area contributed by atoms with Crippen LogP contribution in [0.15, 0.2) is 24.4 Å². The van der Waals surface area contributed by atoms with Gasteiger partial charge in [-0.3, -0.25) is 14.5 Å². The van der Waals surface area contributed by atoms with Gasteiger partial charge in [0.1, 0.15) is 24.2 Å². The number of rotatable bonds is 9. The second kappa shape index (κ2) is 9.12. The number of halogens is 2. The molecule has 0 fully saturated rings. The highest BCUT2D eigenvalue weighted by Gasteiger charge is 2.30. The van der Waals surface area contributed by atoms with Crippen LogP contribution in [-0.2, 0) is 16.1 Å². The molecule has 3 N–H and O–H groups in total. The van der Waals surface area contributed by atoms with Gasteiger partial charge in [0.25, 0.3) is 6.43 Å². The van der Waals surface area contributed by atoms with Crippen LogP contribution in [0.3, 0.4) is 0 Å². The maximum Gasteiger partial charge on any atom is 0.259 e. The van der Waals surface area contributed by atoms with E-state index in [0.29, 0.717) is 42.4 Å². The van der Waals surface area contributed by atoms with Crippen molar-refractivity contribution in [3.8, 4) is 17.1 Å². The molecule has 0 saturated heterocycles. The van der Waals surface area contributed by atoms with E-state index in [1.54, 1.807) is 35.2 Å². The Kier molecular flexibility index (Phi) is 6.57. The number of carbonyl (C=O) groups excluding carboxylic acids is 2. The highest BCUT2D eigenvalue weighted by molar-refractivity contribution is 7.98. The van der Waals surface area contributed by atoms with Crippen LogP contribution in [-0.4, -0.2) is 59.5 Å². The Morgan fingerprint density at radius 2 is 2.31 bits per heavy atom. The van der Waals surface area contributed by atoms with Gasteiger partial charge in [0, 0.05) is 23.7 Å². The maximum atomic E-state index is 13.5. The number of nitrogens with zero attached hydrogens (tertiary/aromatic N) is 3. The topological polar surface area (TPSA) is 102 Å². The van der Waals surface area contributed by atoms with E-state index in [-0.39, 0.29) is 18.1 Å². The molecule has 1 aliphatic heterocycles. The molecule has 8 nitrogen and oxygen atoms in total. The number of fused-ring (bicyclic) bond motifs is 3. The third-order valence-corrected chi connectivity index (χ3v) is 5.08. The molecule has 1 aromatic carbocycles. The highest BCUT2D eigenvalue weighted by Crippen LogP contribution is 2.36. The lowest BCUT2D eigenvalue weighted by molar-refractivity contribution is -0.116. The van der Waals surface area contributed by atoms with Crippen molar-refractivity contribution in [3.63, 3.8) is 0 Å². The summed E-state index contributed by atoms with van der Waals surface area (Å²) < 4.78 is 34.5. The van der Waals surface area contributed by atoms with Crippen molar-refractivity contribution in [2.75, 3.05) is 35.4 Å². The number of carbonyl (C=O) groups is 2. The van der Waals surface area contributed by atoms with E-state index < -0.39 is 18.4 Å². The summed E-state index contributed by atoms with van der Waals surface area (Å²) >= 11 is 1.24. The van der Waals surface area contributed by atoms with Crippen LogP contribution >= 0.6 is 11.8 Å². The van der Waals surface area contributed by atoms with Crippen LogP contribution in [0.1, 0.15) is 0 Å². The third kappa shape index (κ3) is 4.61. The molecule has 0 aliphatic carbocycles. The molecule has 0 bridgehead atoms. The van der Waals surface area contributed by atoms with E-state index in [4.69, 9.17) is 10.5 Å². The van der Waals surface area contributed by atoms with Crippen molar-refractivity contribution in [3.05, 3.63) is 24.4 Å². The monoisotopic (exact) mass is 425 g/mol. The number of aromatic nitrogens is 2. The molecule has 2 aromatic rings. The van der Waals surface area contributed by atoms with Gasteiger partial charge in [0.05, 0.1) is 18.7 Å². The molecule has 2 heterocycles. The first kappa shape index (κ1) is 20.9. The largest absolute Gasteiger partial charge is 0.491 e. The number of thioether (sulfide) groups is 1. The van der Waals surface area contributed by atoms with E-state index >= 15 is 0 Å². The quantitative estimate of drug-likeness (QED) is 0.594. The molecule has 1 unspecified atom stereocenters. The molecule has 11 heteroatoms. The van der Waals surface area contributed by atoms with E-state index in [2.05, 4.69) is 10.3 Å². The zero-order chi connectivity index (χ0) is 21.0. The molecule has 3 rings (SSSR count). The number of nitrogens with one attached hydrogen (secondary N) is 1. The number of anilines is 2. The number of imidazole rings is 1. The summed E-state index contributed by atoms with van der Waals surface area (Å²) in [4.78, 5) is 28.0. The molecule has 0 saturated carbocycles. The van der Waals surface area contributed by atoms with Crippen molar-refractivity contribution in [2.45, 2.75) is 19.0 Å². The van der Waals surface area contributed by atoms with Gasteiger partial charge in [-0.2, -0.15) is 11.8 Å². The summed E-state index contributed by atoms with van der Waals surface area (Å²) in [5, 5.41) is 2.89. The summed E-state index contributed by atoms with van der Waals surface area (Å²) in [5.74, 6) is 0.806. The van der Waals surface area contributed by atoms with Gasteiger partial charge >= 0.3 is 0 Å². The molecule has 0 spiro atoms. The molecular formula is C18H21F2N5O3S. The number of nitrogens with two attached hydrogens (primary N) is 1. The van der Waals surface area contributed by atoms with Crippen LogP contribution < -0.4 is 20.7 Å². The average Bonchev–Trinajstić information content (AvgIpc) is 3.02. The summed E-state index contributed by atoms with van der Waals surface area (Å²) in [6.07, 6.45) is 0.988. The van der Waals surface area contributed by atoms with Crippen molar-refractivity contribution in [1.82, 2.24) is 9.55 Å². The summed E-state index contributed by atoms with van der Waals surface area (Å²) in [7, 11) is 0.